The van der Waals surface area contributed by atoms with E-state index in [1.165, 1.54) is 11.2 Å². The molecular weight excluding hydrogens is 269 g/mol. The third kappa shape index (κ3) is 6.43. The molecule has 0 spiro atoms. The van der Waals surface area contributed by atoms with Crippen LogP contribution in [0.3, 0.4) is 0 Å². The zero-order valence-corrected chi connectivity index (χ0v) is 12.3. The molecule has 0 aliphatic rings. The van der Waals surface area contributed by atoms with Gasteiger partial charge in [-0.1, -0.05) is 20.8 Å². The molecular formula is C14H23F3N2O. The fraction of sp³-hybridized carbons (Fsp3) is 0.714. The summed E-state index contributed by atoms with van der Waals surface area (Å²) >= 11 is 0. The predicted octanol–water partition coefficient (Wildman–Crippen LogP) is 3.41. The van der Waals surface area contributed by atoms with E-state index >= 15 is 0 Å². The predicted molar refractivity (Wildman–Crippen MR) is 72.3 cm³/mol. The third-order valence-electron chi connectivity index (χ3n) is 2.92. The number of hydrogen-bond acceptors (Lipinski definition) is 3. The first-order valence-corrected chi connectivity index (χ1v) is 6.87. The van der Waals surface area contributed by atoms with Crippen molar-refractivity contribution in [2.75, 3.05) is 19.6 Å². The Kier molecular flexibility index (Phi) is 6.55. The largest absolute Gasteiger partial charge is 0.468 e. The molecule has 1 heterocycles. The highest BCUT2D eigenvalue weighted by molar-refractivity contribution is 5.16. The van der Waals surface area contributed by atoms with Crippen LogP contribution < -0.4 is 5.32 Å². The van der Waals surface area contributed by atoms with Gasteiger partial charge in [0.2, 0.25) is 0 Å². The maximum Gasteiger partial charge on any atom is 0.401 e. The van der Waals surface area contributed by atoms with Crippen molar-refractivity contribution in [2.24, 2.45) is 5.92 Å². The molecule has 0 fully saturated rings. The molecule has 0 saturated heterocycles. The highest BCUT2D eigenvalue weighted by Gasteiger charge is 2.30. The van der Waals surface area contributed by atoms with Crippen LogP contribution in [0.2, 0.25) is 0 Å². The number of alkyl halides is 3. The fourth-order valence-corrected chi connectivity index (χ4v) is 1.89. The second-order valence-electron chi connectivity index (χ2n) is 5.31. The minimum atomic E-state index is -4.18. The van der Waals surface area contributed by atoms with Crippen LogP contribution in [0.25, 0.3) is 0 Å². The molecule has 0 saturated carbocycles. The lowest BCUT2D eigenvalue weighted by atomic mass is 10.2. The van der Waals surface area contributed by atoms with Crippen molar-refractivity contribution < 1.29 is 17.6 Å². The van der Waals surface area contributed by atoms with E-state index in [2.05, 4.69) is 19.2 Å². The standard InChI is InChI=1S/C14H23F3N2O/c1-4-19(10-14(15,16)17)9-13-12(5-6-20-13)8-18-7-11(2)3/h5-6,11,18H,4,7-10H2,1-3H3. The van der Waals surface area contributed by atoms with Crippen molar-refractivity contribution in [2.45, 2.75) is 40.0 Å². The Hall–Kier alpha value is -1.01. The summed E-state index contributed by atoms with van der Waals surface area (Å²) in [6, 6.07) is 1.81. The number of rotatable bonds is 8. The number of nitrogens with zero attached hydrogens (tertiary/aromatic N) is 1. The molecule has 20 heavy (non-hydrogen) atoms. The molecule has 0 aliphatic carbocycles. The van der Waals surface area contributed by atoms with E-state index in [0.29, 0.717) is 24.8 Å². The summed E-state index contributed by atoms with van der Waals surface area (Å²) < 4.78 is 42.6. The van der Waals surface area contributed by atoms with Crippen molar-refractivity contribution in [3.05, 3.63) is 23.7 Å². The van der Waals surface area contributed by atoms with Gasteiger partial charge in [-0.3, -0.25) is 4.90 Å². The van der Waals surface area contributed by atoms with Gasteiger partial charge in [-0.05, 0) is 25.1 Å². The maximum absolute atomic E-state index is 12.4. The summed E-state index contributed by atoms with van der Waals surface area (Å²) in [5.41, 5.74) is 0.922. The summed E-state index contributed by atoms with van der Waals surface area (Å²) in [4.78, 5) is 1.32. The van der Waals surface area contributed by atoms with Crippen LogP contribution in [-0.4, -0.2) is 30.7 Å². The highest BCUT2D eigenvalue weighted by Crippen LogP contribution is 2.19. The smallest absolute Gasteiger partial charge is 0.401 e. The van der Waals surface area contributed by atoms with Gasteiger partial charge in [0, 0.05) is 12.1 Å². The Morgan fingerprint density at radius 1 is 1.35 bits per heavy atom. The monoisotopic (exact) mass is 292 g/mol. The van der Waals surface area contributed by atoms with Crippen LogP contribution in [0.4, 0.5) is 13.2 Å². The molecule has 6 heteroatoms. The Balaban J connectivity index is 2.56. The molecule has 0 radical (unpaired) electrons. The number of furan rings is 1. The van der Waals surface area contributed by atoms with Gasteiger partial charge in [-0.25, -0.2) is 0 Å². The van der Waals surface area contributed by atoms with Gasteiger partial charge in [0.05, 0.1) is 19.4 Å². The van der Waals surface area contributed by atoms with Gasteiger partial charge >= 0.3 is 6.18 Å². The van der Waals surface area contributed by atoms with Crippen molar-refractivity contribution in [3.8, 4) is 0 Å². The minimum Gasteiger partial charge on any atom is -0.468 e. The molecule has 0 amide bonds. The van der Waals surface area contributed by atoms with Gasteiger partial charge in [0.25, 0.3) is 0 Å². The van der Waals surface area contributed by atoms with Gasteiger partial charge in [-0.2, -0.15) is 13.2 Å². The van der Waals surface area contributed by atoms with Crippen LogP contribution in [0.1, 0.15) is 32.1 Å². The Bertz CT molecular complexity index is 388. The topological polar surface area (TPSA) is 28.4 Å². The Morgan fingerprint density at radius 3 is 2.60 bits per heavy atom. The van der Waals surface area contributed by atoms with E-state index in [-0.39, 0.29) is 6.54 Å². The van der Waals surface area contributed by atoms with Crippen LogP contribution in [0, 0.1) is 5.92 Å². The van der Waals surface area contributed by atoms with Gasteiger partial charge < -0.3 is 9.73 Å². The quantitative estimate of drug-likeness (QED) is 0.796. The van der Waals surface area contributed by atoms with Crippen LogP contribution in [0.15, 0.2) is 16.7 Å². The molecule has 116 valence electrons. The van der Waals surface area contributed by atoms with Crippen molar-refractivity contribution in [1.82, 2.24) is 10.2 Å². The lowest BCUT2D eigenvalue weighted by Gasteiger charge is -2.21. The molecule has 0 aromatic carbocycles. The first-order valence-electron chi connectivity index (χ1n) is 6.87. The molecule has 1 rings (SSSR count). The van der Waals surface area contributed by atoms with E-state index in [1.807, 2.05) is 6.07 Å². The Morgan fingerprint density at radius 2 is 2.05 bits per heavy atom. The second-order valence-corrected chi connectivity index (χ2v) is 5.31. The summed E-state index contributed by atoms with van der Waals surface area (Å²) in [5.74, 6) is 1.13. The maximum atomic E-state index is 12.4. The first-order chi connectivity index (χ1) is 9.31. The first kappa shape index (κ1) is 17.0. The normalized spacial score (nSPS) is 12.6. The summed E-state index contributed by atoms with van der Waals surface area (Å²) in [6.07, 6.45) is -2.65. The molecule has 1 N–H and O–H groups in total. The van der Waals surface area contributed by atoms with E-state index < -0.39 is 12.7 Å². The van der Waals surface area contributed by atoms with E-state index in [4.69, 9.17) is 4.42 Å². The molecule has 1 aromatic heterocycles. The van der Waals surface area contributed by atoms with Crippen molar-refractivity contribution in [1.29, 1.82) is 0 Å². The molecule has 3 nitrogen and oxygen atoms in total. The molecule has 0 aliphatic heterocycles. The number of nitrogens with one attached hydrogen (secondary N) is 1. The lowest BCUT2D eigenvalue weighted by Crippen LogP contribution is -2.33. The Labute approximate surface area is 118 Å². The average molecular weight is 292 g/mol. The molecule has 0 bridgehead atoms. The zero-order chi connectivity index (χ0) is 15.2. The summed E-state index contributed by atoms with van der Waals surface area (Å²) in [7, 11) is 0. The molecule has 0 unspecified atom stereocenters. The molecule has 0 atom stereocenters. The highest BCUT2D eigenvalue weighted by atomic mass is 19.4. The van der Waals surface area contributed by atoms with Crippen LogP contribution in [-0.2, 0) is 13.1 Å². The van der Waals surface area contributed by atoms with E-state index in [1.54, 1.807) is 6.92 Å². The van der Waals surface area contributed by atoms with Crippen molar-refractivity contribution >= 4 is 0 Å². The zero-order valence-electron chi connectivity index (χ0n) is 12.3. The van der Waals surface area contributed by atoms with E-state index in [0.717, 1.165) is 12.1 Å². The van der Waals surface area contributed by atoms with Crippen LogP contribution in [0.5, 0.6) is 0 Å². The van der Waals surface area contributed by atoms with E-state index in [9.17, 15) is 13.2 Å². The van der Waals surface area contributed by atoms with Crippen LogP contribution >= 0.6 is 0 Å². The third-order valence-corrected chi connectivity index (χ3v) is 2.92. The van der Waals surface area contributed by atoms with Gasteiger partial charge in [-0.15, -0.1) is 0 Å². The molecule has 1 aromatic rings. The number of hydrogen-bond donors (Lipinski definition) is 1. The lowest BCUT2D eigenvalue weighted by molar-refractivity contribution is -0.147. The van der Waals surface area contributed by atoms with Gasteiger partial charge in [0.1, 0.15) is 5.76 Å². The SMILES string of the molecule is CCN(Cc1occc1CNCC(C)C)CC(F)(F)F. The fourth-order valence-electron chi connectivity index (χ4n) is 1.89. The van der Waals surface area contributed by atoms with Crippen molar-refractivity contribution in [3.63, 3.8) is 0 Å². The summed E-state index contributed by atoms with van der Waals surface area (Å²) in [5, 5.41) is 3.27. The minimum absolute atomic E-state index is 0.182. The number of halogens is 3. The summed E-state index contributed by atoms with van der Waals surface area (Å²) in [6.45, 7) is 7.00. The average Bonchev–Trinajstić information content (AvgIpc) is 2.73. The second kappa shape index (κ2) is 7.69. The van der Waals surface area contributed by atoms with Gasteiger partial charge in [0.15, 0.2) is 0 Å².